The first-order valence-corrected chi connectivity index (χ1v) is 16.0. The van der Waals surface area contributed by atoms with E-state index in [-0.39, 0.29) is 5.91 Å². The van der Waals surface area contributed by atoms with Crippen molar-refractivity contribution in [1.29, 1.82) is 0 Å². The first kappa shape index (κ1) is 30.2. The molecule has 1 aliphatic rings. The molecular weight excluding hydrogens is 629 g/mol. The summed E-state index contributed by atoms with van der Waals surface area (Å²) < 4.78 is 41.4. The highest BCUT2D eigenvalue weighted by molar-refractivity contribution is 7.98. The molecule has 44 heavy (non-hydrogen) atoms. The molecule has 0 radical (unpaired) electrons. The molecule has 3 heterocycles. The lowest BCUT2D eigenvalue weighted by molar-refractivity contribution is -0.137. The smallest absolute Gasteiger partial charge is 0.368 e. The summed E-state index contributed by atoms with van der Waals surface area (Å²) in [7, 11) is 0. The molecule has 2 aromatic heterocycles. The second kappa shape index (κ2) is 12.6. The van der Waals surface area contributed by atoms with Crippen molar-refractivity contribution in [1.82, 2.24) is 24.6 Å². The van der Waals surface area contributed by atoms with Crippen LogP contribution in [0.5, 0.6) is 0 Å². The van der Waals surface area contributed by atoms with Gasteiger partial charge in [0.25, 0.3) is 5.91 Å². The van der Waals surface area contributed by atoms with Crippen LogP contribution >= 0.6 is 34.7 Å². The topological polar surface area (TPSA) is 67.2 Å². The molecular formula is C31H26ClF3N6OS2. The van der Waals surface area contributed by atoms with Crippen molar-refractivity contribution < 1.29 is 18.0 Å². The number of alkyl halides is 3. The second-order valence-corrected chi connectivity index (χ2v) is 12.4. The van der Waals surface area contributed by atoms with Gasteiger partial charge in [-0.25, -0.2) is 4.98 Å². The summed E-state index contributed by atoms with van der Waals surface area (Å²) in [5.74, 6) is 0.922. The van der Waals surface area contributed by atoms with Crippen LogP contribution in [-0.4, -0.2) is 56.7 Å². The molecule has 3 aromatic carbocycles. The van der Waals surface area contributed by atoms with Crippen LogP contribution in [0.2, 0.25) is 5.02 Å². The van der Waals surface area contributed by atoms with Crippen LogP contribution in [0.15, 0.2) is 83.3 Å². The third-order valence-electron chi connectivity index (χ3n) is 7.31. The molecule has 0 aliphatic carbocycles. The molecule has 1 saturated heterocycles. The summed E-state index contributed by atoms with van der Waals surface area (Å²) in [6, 6.07) is 20.8. The Balaban J connectivity index is 1.14. The Labute approximate surface area is 265 Å². The van der Waals surface area contributed by atoms with Crippen LogP contribution in [0.1, 0.15) is 26.6 Å². The van der Waals surface area contributed by atoms with E-state index >= 15 is 0 Å². The number of thioether (sulfide) groups is 1. The maximum Gasteiger partial charge on any atom is 0.416 e. The number of benzene rings is 3. The van der Waals surface area contributed by atoms with E-state index in [4.69, 9.17) is 11.6 Å². The zero-order valence-corrected chi connectivity index (χ0v) is 25.8. The zero-order chi connectivity index (χ0) is 30.8. The van der Waals surface area contributed by atoms with Gasteiger partial charge >= 0.3 is 6.18 Å². The third kappa shape index (κ3) is 6.33. The number of hydrogen-bond donors (Lipinski definition) is 0. The van der Waals surface area contributed by atoms with Crippen molar-refractivity contribution in [3.63, 3.8) is 0 Å². The quantitative estimate of drug-likeness (QED) is 0.168. The number of nitrogens with zero attached hydrogens (tertiary/aromatic N) is 6. The highest BCUT2D eigenvalue weighted by Crippen LogP contribution is 2.35. The van der Waals surface area contributed by atoms with Crippen LogP contribution in [0.4, 0.5) is 18.9 Å². The lowest BCUT2D eigenvalue weighted by Crippen LogP contribution is -2.49. The molecule has 0 unspecified atom stereocenters. The SMILES string of the molecule is Cc1ccccc1-n1c(SCc2nc(C(=O)N3CCN(c4cccc(C(F)(F)F)c4)CC3)cs2)nnc1-c1ccccc1Cl. The van der Waals surface area contributed by atoms with E-state index in [2.05, 4.69) is 15.2 Å². The maximum atomic E-state index is 13.2. The van der Waals surface area contributed by atoms with Crippen LogP contribution in [-0.2, 0) is 11.9 Å². The van der Waals surface area contributed by atoms with Gasteiger partial charge in [0, 0.05) is 42.8 Å². The fourth-order valence-corrected chi connectivity index (χ4v) is 6.97. The minimum atomic E-state index is -4.40. The number of anilines is 1. The van der Waals surface area contributed by atoms with E-state index in [1.807, 2.05) is 64.9 Å². The standard InChI is InChI=1S/C31H26ClF3N6OS2/c1-20-7-2-5-12-26(20)41-28(23-10-3-4-11-24(23)32)37-38-30(41)44-19-27-36-25(18-43-27)29(42)40-15-13-39(14-16-40)22-9-6-8-21(17-22)31(33,34)35/h2-12,17-18H,13-16,19H2,1H3. The first-order chi connectivity index (χ1) is 21.2. The van der Waals surface area contributed by atoms with Crippen LogP contribution in [0, 0.1) is 6.92 Å². The Morgan fingerprint density at radius 1 is 0.977 bits per heavy atom. The van der Waals surface area contributed by atoms with Crippen molar-refractivity contribution >= 4 is 46.3 Å². The number of aromatic nitrogens is 4. The number of amides is 1. The number of piperazine rings is 1. The number of halogens is 4. The highest BCUT2D eigenvalue weighted by atomic mass is 35.5. The number of para-hydroxylation sites is 1. The van der Waals surface area contributed by atoms with Crippen LogP contribution in [0.25, 0.3) is 17.1 Å². The Hall–Kier alpha value is -3.87. The normalized spacial score (nSPS) is 13.8. The average molecular weight is 655 g/mol. The van der Waals surface area contributed by atoms with E-state index in [0.29, 0.717) is 59.3 Å². The Kier molecular flexibility index (Phi) is 8.66. The number of hydrogen-bond acceptors (Lipinski definition) is 7. The largest absolute Gasteiger partial charge is 0.416 e. The summed E-state index contributed by atoms with van der Waals surface area (Å²) in [5.41, 5.74) is 2.93. The van der Waals surface area contributed by atoms with E-state index in [9.17, 15) is 18.0 Å². The summed E-state index contributed by atoms with van der Waals surface area (Å²) in [6.07, 6.45) is -4.40. The van der Waals surface area contributed by atoms with Crippen molar-refractivity contribution in [3.05, 3.63) is 105 Å². The van der Waals surface area contributed by atoms with E-state index in [1.54, 1.807) is 16.3 Å². The lowest BCUT2D eigenvalue weighted by atomic mass is 10.1. The molecule has 0 N–H and O–H groups in total. The molecule has 226 valence electrons. The van der Waals surface area contributed by atoms with Crippen molar-refractivity contribution in [3.8, 4) is 17.1 Å². The van der Waals surface area contributed by atoms with Gasteiger partial charge in [0.15, 0.2) is 11.0 Å². The molecule has 0 bridgehead atoms. The maximum absolute atomic E-state index is 13.2. The van der Waals surface area contributed by atoms with Crippen molar-refractivity contribution in [2.24, 2.45) is 0 Å². The van der Waals surface area contributed by atoms with E-state index in [1.165, 1.54) is 29.2 Å². The summed E-state index contributed by atoms with van der Waals surface area (Å²) in [6.45, 7) is 3.67. The van der Waals surface area contributed by atoms with Gasteiger partial charge in [-0.2, -0.15) is 13.2 Å². The molecule has 5 aromatic rings. The number of rotatable bonds is 7. The van der Waals surface area contributed by atoms with Crippen LogP contribution < -0.4 is 4.90 Å². The minimum Gasteiger partial charge on any atom is -0.368 e. The number of thiazole rings is 1. The van der Waals surface area contributed by atoms with Gasteiger partial charge in [-0.05, 0) is 48.9 Å². The fourth-order valence-electron chi connectivity index (χ4n) is 5.02. The second-order valence-electron chi connectivity index (χ2n) is 10.2. The van der Waals surface area contributed by atoms with Crippen LogP contribution in [0.3, 0.4) is 0 Å². The predicted molar refractivity (Wildman–Crippen MR) is 168 cm³/mol. The molecule has 7 nitrogen and oxygen atoms in total. The van der Waals surface area contributed by atoms with Gasteiger partial charge in [0.05, 0.1) is 22.0 Å². The number of carbonyl (C=O) groups excluding carboxylic acids is 1. The zero-order valence-electron chi connectivity index (χ0n) is 23.5. The minimum absolute atomic E-state index is 0.190. The van der Waals surface area contributed by atoms with Gasteiger partial charge in [-0.1, -0.05) is 59.8 Å². The monoisotopic (exact) mass is 654 g/mol. The van der Waals surface area contributed by atoms with Gasteiger partial charge in [0.1, 0.15) is 10.7 Å². The van der Waals surface area contributed by atoms with Gasteiger partial charge < -0.3 is 9.80 Å². The molecule has 1 fully saturated rings. The molecule has 0 atom stereocenters. The van der Waals surface area contributed by atoms with E-state index in [0.717, 1.165) is 34.0 Å². The Bertz CT molecular complexity index is 1800. The third-order valence-corrected chi connectivity index (χ3v) is 9.61. The number of aryl methyl sites for hydroxylation is 1. The molecule has 1 aliphatic heterocycles. The van der Waals surface area contributed by atoms with Crippen molar-refractivity contribution in [2.45, 2.75) is 24.0 Å². The molecule has 1 amide bonds. The summed E-state index contributed by atoms with van der Waals surface area (Å²) in [5, 5.41) is 12.7. The Morgan fingerprint density at radius 3 is 2.48 bits per heavy atom. The average Bonchev–Trinajstić information content (AvgIpc) is 3.67. The highest BCUT2D eigenvalue weighted by Gasteiger charge is 2.31. The predicted octanol–water partition coefficient (Wildman–Crippen LogP) is 7.63. The summed E-state index contributed by atoms with van der Waals surface area (Å²) in [4.78, 5) is 21.4. The van der Waals surface area contributed by atoms with Gasteiger partial charge in [-0.3, -0.25) is 9.36 Å². The fraction of sp³-hybridized carbons (Fsp3) is 0.226. The lowest BCUT2D eigenvalue weighted by Gasteiger charge is -2.36. The molecule has 0 spiro atoms. The Morgan fingerprint density at radius 2 is 1.73 bits per heavy atom. The van der Waals surface area contributed by atoms with Gasteiger partial charge in [-0.15, -0.1) is 21.5 Å². The molecule has 0 saturated carbocycles. The first-order valence-electron chi connectivity index (χ1n) is 13.7. The van der Waals surface area contributed by atoms with E-state index < -0.39 is 11.7 Å². The summed E-state index contributed by atoms with van der Waals surface area (Å²) >= 11 is 9.39. The number of carbonyl (C=O) groups is 1. The molecule has 6 rings (SSSR count). The van der Waals surface area contributed by atoms with Crippen molar-refractivity contribution in [2.75, 3.05) is 31.1 Å². The molecule has 13 heteroatoms. The van der Waals surface area contributed by atoms with Gasteiger partial charge in [0.2, 0.25) is 0 Å².